The summed E-state index contributed by atoms with van der Waals surface area (Å²) in [7, 11) is 0. The van der Waals surface area contributed by atoms with Crippen molar-refractivity contribution in [2.24, 2.45) is 5.92 Å². The quantitative estimate of drug-likeness (QED) is 0.787. The van der Waals surface area contributed by atoms with E-state index in [0.717, 1.165) is 48.5 Å². The largest absolute Gasteiger partial charge is 0.339 e. The number of likely N-dealkylation sites (tertiary alicyclic amines) is 1. The topological polar surface area (TPSA) is 20.3 Å². The van der Waals surface area contributed by atoms with Gasteiger partial charge in [-0.1, -0.05) is 25.6 Å². The molecule has 0 unspecified atom stereocenters. The third-order valence-corrected chi connectivity index (χ3v) is 4.04. The van der Waals surface area contributed by atoms with Crippen LogP contribution >= 0.6 is 0 Å². The third kappa shape index (κ3) is 3.25. The van der Waals surface area contributed by atoms with E-state index in [2.05, 4.69) is 13.5 Å². The molecule has 1 aromatic rings. The fraction of sp³-hybridized carbons (Fsp3) is 0.471. The number of hydrogen-bond acceptors (Lipinski definition) is 1. The lowest BCUT2D eigenvalue weighted by Crippen LogP contribution is -2.32. The first kappa shape index (κ1) is 13.9. The number of nitrogens with zero attached hydrogens (tertiary/aromatic N) is 1. The van der Waals surface area contributed by atoms with E-state index in [1.807, 2.05) is 36.1 Å². The summed E-state index contributed by atoms with van der Waals surface area (Å²) in [6, 6.07) is 5.88. The molecule has 102 valence electrons. The van der Waals surface area contributed by atoms with Gasteiger partial charge in [-0.2, -0.15) is 0 Å². The first-order chi connectivity index (χ1) is 9.11. The van der Waals surface area contributed by atoms with Gasteiger partial charge in [0.25, 0.3) is 5.91 Å². The summed E-state index contributed by atoms with van der Waals surface area (Å²) in [6.07, 6.45) is 5.31. The molecule has 0 saturated carbocycles. The van der Waals surface area contributed by atoms with Gasteiger partial charge in [-0.25, -0.2) is 0 Å². The second-order valence-electron chi connectivity index (χ2n) is 5.60. The van der Waals surface area contributed by atoms with Gasteiger partial charge in [0.05, 0.1) is 0 Å². The number of rotatable bonds is 2. The molecule has 1 aromatic carbocycles. The van der Waals surface area contributed by atoms with Gasteiger partial charge in [-0.3, -0.25) is 4.79 Å². The van der Waals surface area contributed by atoms with Crippen LogP contribution in [0.2, 0.25) is 0 Å². The first-order valence-electron chi connectivity index (χ1n) is 7.14. The number of aryl methyl sites for hydroxylation is 1. The Balaban J connectivity index is 2.14. The highest BCUT2D eigenvalue weighted by Crippen LogP contribution is 2.19. The zero-order valence-electron chi connectivity index (χ0n) is 12.0. The molecule has 1 aliphatic rings. The van der Waals surface area contributed by atoms with E-state index < -0.39 is 0 Å². The Morgan fingerprint density at radius 3 is 2.84 bits per heavy atom. The maximum absolute atomic E-state index is 12.5. The van der Waals surface area contributed by atoms with Crippen molar-refractivity contribution in [1.29, 1.82) is 0 Å². The molecule has 0 N–H and O–H groups in total. The number of carbonyl (C=O) groups excluding carboxylic acids is 1. The molecule has 0 aliphatic carbocycles. The standard InChI is InChI=1S/C17H23NO/c1-4-15-7-8-16(12-14(15)3)17(19)18-10-5-6-13(2)9-11-18/h4,7-8,12-13H,1,5-6,9-11H2,2-3H3/t13-/m0/s1. The molecule has 2 rings (SSSR count). The van der Waals surface area contributed by atoms with Gasteiger partial charge in [-0.15, -0.1) is 0 Å². The minimum Gasteiger partial charge on any atom is -0.339 e. The monoisotopic (exact) mass is 257 g/mol. The molecule has 19 heavy (non-hydrogen) atoms. The maximum Gasteiger partial charge on any atom is 0.253 e. The van der Waals surface area contributed by atoms with Crippen LogP contribution in [0.5, 0.6) is 0 Å². The van der Waals surface area contributed by atoms with Crippen LogP contribution in [0, 0.1) is 12.8 Å². The second-order valence-corrected chi connectivity index (χ2v) is 5.60. The Bertz CT molecular complexity index is 478. The predicted octanol–water partition coefficient (Wildman–Crippen LogP) is 3.90. The molecule has 0 aromatic heterocycles. The Labute approximate surface area is 116 Å². The summed E-state index contributed by atoms with van der Waals surface area (Å²) in [5.41, 5.74) is 3.02. The van der Waals surface area contributed by atoms with Crippen LogP contribution in [0.1, 0.15) is 47.7 Å². The number of hydrogen-bond donors (Lipinski definition) is 0. The molecular formula is C17H23NO. The molecule has 1 amide bonds. The molecule has 1 fully saturated rings. The zero-order chi connectivity index (χ0) is 13.8. The van der Waals surface area contributed by atoms with E-state index in [4.69, 9.17) is 0 Å². The molecule has 2 nitrogen and oxygen atoms in total. The van der Waals surface area contributed by atoms with Crippen LogP contribution in [0.25, 0.3) is 6.08 Å². The average molecular weight is 257 g/mol. The molecular weight excluding hydrogens is 234 g/mol. The number of amides is 1. The van der Waals surface area contributed by atoms with E-state index in [1.54, 1.807) is 0 Å². The molecule has 0 spiro atoms. The zero-order valence-corrected chi connectivity index (χ0v) is 12.0. The molecule has 0 radical (unpaired) electrons. The predicted molar refractivity (Wildman–Crippen MR) is 80.2 cm³/mol. The van der Waals surface area contributed by atoms with Crippen LogP contribution in [0.4, 0.5) is 0 Å². The van der Waals surface area contributed by atoms with Crippen LogP contribution in [-0.2, 0) is 0 Å². The SMILES string of the molecule is C=Cc1ccc(C(=O)N2CCC[C@H](C)CC2)cc1C. The minimum atomic E-state index is 0.174. The van der Waals surface area contributed by atoms with Gasteiger partial charge < -0.3 is 4.90 Å². The van der Waals surface area contributed by atoms with E-state index in [9.17, 15) is 4.79 Å². The smallest absolute Gasteiger partial charge is 0.253 e. The van der Waals surface area contributed by atoms with Gasteiger partial charge in [0.15, 0.2) is 0 Å². The summed E-state index contributed by atoms with van der Waals surface area (Å²) in [5.74, 6) is 0.912. The van der Waals surface area contributed by atoms with Gasteiger partial charge in [-0.05, 0) is 55.4 Å². The highest BCUT2D eigenvalue weighted by atomic mass is 16.2. The fourth-order valence-electron chi connectivity index (χ4n) is 2.69. The summed E-state index contributed by atoms with van der Waals surface area (Å²) in [5, 5.41) is 0. The Morgan fingerprint density at radius 2 is 2.16 bits per heavy atom. The fourth-order valence-corrected chi connectivity index (χ4v) is 2.69. The highest BCUT2D eigenvalue weighted by Gasteiger charge is 2.19. The lowest BCUT2D eigenvalue weighted by molar-refractivity contribution is 0.0760. The van der Waals surface area contributed by atoms with Crippen molar-refractivity contribution in [2.75, 3.05) is 13.1 Å². The van der Waals surface area contributed by atoms with Crippen LogP contribution in [0.15, 0.2) is 24.8 Å². The van der Waals surface area contributed by atoms with Gasteiger partial charge in [0.1, 0.15) is 0 Å². The summed E-state index contributed by atoms with van der Waals surface area (Å²) in [4.78, 5) is 14.5. The molecule has 1 atom stereocenters. The van der Waals surface area contributed by atoms with Crippen molar-refractivity contribution in [2.45, 2.75) is 33.1 Å². The van der Waals surface area contributed by atoms with Crippen molar-refractivity contribution in [1.82, 2.24) is 4.90 Å². The number of carbonyl (C=O) groups is 1. The van der Waals surface area contributed by atoms with Crippen molar-refractivity contribution in [3.8, 4) is 0 Å². The lowest BCUT2D eigenvalue weighted by Gasteiger charge is -2.21. The summed E-state index contributed by atoms with van der Waals surface area (Å²) in [6.45, 7) is 9.87. The molecule has 1 saturated heterocycles. The van der Waals surface area contributed by atoms with Crippen molar-refractivity contribution < 1.29 is 4.79 Å². The van der Waals surface area contributed by atoms with Gasteiger partial charge in [0, 0.05) is 18.7 Å². The Morgan fingerprint density at radius 1 is 1.37 bits per heavy atom. The van der Waals surface area contributed by atoms with Crippen molar-refractivity contribution >= 4 is 12.0 Å². The van der Waals surface area contributed by atoms with Crippen LogP contribution < -0.4 is 0 Å². The maximum atomic E-state index is 12.5. The first-order valence-corrected chi connectivity index (χ1v) is 7.14. The molecule has 1 heterocycles. The van der Waals surface area contributed by atoms with Gasteiger partial charge >= 0.3 is 0 Å². The second kappa shape index (κ2) is 6.05. The lowest BCUT2D eigenvalue weighted by atomic mass is 10.0. The van der Waals surface area contributed by atoms with Crippen molar-refractivity contribution in [3.05, 3.63) is 41.5 Å². The number of benzene rings is 1. The third-order valence-electron chi connectivity index (χ3n) is 4.04. The normalized spacial score (nSPS) is 19.9. The van der Waals surface area contributed by atoms with E-state index in [0.29, 0.717) is 0 Å². The van der Waals surface area contributed by atoms with E-state index in [-0.39, 0.29) is 5.91 Å². The van der Waals surface area contributed by atoms with Crippen molar-refractivity contribution in [3.63, 3.8) is 0 Å². The Kier molecular flexibility index (Phi) is 4.41. The minimum absolute atomic E-state index is 0.174. The molecule has 0 bridgehead atoms. The van der Waals surface area contributed by atoms with Crippen LogP contribution in [-0.4, -0.2) is 23.9 Å². The van der Waals surface area contributed by atoms with Crippen LogP contribution in [0.3, 0.4) is 0 Å². The molecule has 2 heteroatoms. The van der Waals surface area contributed by atoms with E-state index in [1.165, 1.54) is 6.42 Å². The Hall–Kier alpha value is -1.57. The summed E-state index contributed by atoms with van der Waals surface area (Å²) >= 11 is 0. The molecule has 1 aliphatic heterocycles. The average Bonchev–Trinajstić information content (AvgIpc) is 2.62. The van der Waals surface area contributed by atoms with Gasteiger partial charge in [0.2, 0.25) is 0 Å². The van der Waals surface area contributed by atoms with E-state index >= 15 is 0 Å². The highest BCUT2D eigenvalue weighted by molar-refractivity contribution is 5.94. The summed E-state index contributed by atoms with van der Waals surface area (Å²) < 4.78 is 0.